The molecule has 0 radical (unpaired) electrons. The minimum absolute atomic E-state index is 0.0113. The summed E-state index contributed by atoms with van der Waals surface area (Å²) >= 11 is 12.4. The molecule has 35 heavy (non-hydrogen) atoms. The molecule has 1 fully saturated rings. The number of rotatable bonds is 4. The molecule has 11 heteroatoms. The van der Waals surface area contributed by atoms with E-state index in [2.05, 4.69) is 15.0 Å². The average molecular weight is 512 g/mol. The van der Waals surface area contributed by atoms with E-state index in [0.29, 0.717) is 64.5 Å². The van der Waals surface area contributed by atoms with Crippen LogP contribution in [0.3, 0.4) is 0 Å². The van der Waals surface area contributed by atoms with Crippen LogP contribution in [0.15, 0.2) is 48.7 Å². The molecule has 178 valence electrons. The number of halogens is 3. The van der Waals surface area contributed by atoms with Gasteiger partial charge in [0.25, 0.3) is 0 Å². The molecule has 1 aliphatic heterocycles. The van der Waals surface area contributed by atoms with Crippen LogP contribution in [0, 0.1) is 5.82 Å². The molecule has 4 aromatic rings. The number of carbonyl (C=O) groups is 1. The number of nitrogens with zero attached hydrogens (tertiary/aromatic N) is 6. The molecule has 5 rings (SSSR count). The second-order valence-corrected chi connectivity index (χ2v) is 8.97. The zero-order valence-corrected chi connectivity index (χ0v) is 20.0. The summed E-state index contributed by atoms with van der Waals surface area (Å²) in [6.45, 7) is 2.08. The number of benzene rings is 2. The summed E-state index contributed by atoms with van der Waals surface area (Å²) in [5, 5.41) is 0.980. The van der Waals surface area contributed by atoms with Gasteiger partial charge < -0.3 is 15.5 Å². The molecule has 0 saturated carbocycles. The van der Waals surface area contributed by atoms with E-state index in [1.54, 1.807) is 41.4 Å². The molecule has 0 atom stereocenters. The van der Waals surface area contributed by atoms with Crippen molar-refractivity contribution in [1.82, 2.24) is 24.8 Å². The van der Waals surface area contributed by atoms with Crippen LogP contribution in [0.1, 0.15) is 5.56 Å². The molecule has 0 spiro atoms. The van der Waals surface area contributed by atoms with Gasteiger partial charge in [-0.05, 0) is 35.9 Å². The molecular formula is C24H20Cl2FN7O. The lowest BCUT2D eigenvalue weighted by Crippen LogP contribution is -2.49. The number of aromatic nitrogens is 4. The van der Waals surface area contributed by atoms with E-state index < -0.39 is 0 Å². The van der Waals surface area contributed by atoms with Gasteiger partial charge in [-0.25, -0.2) is 14.4 Å². The van der Waals surface area contributed by atoms with Crippen molar-refractivity contribution < 1.29 is 9.18 Å². The molecule has 2 N–H and O–H groups in total. The summed E-state index contributed by atoms with van der Waals surface area (Å²) in [5.41, 5.74) is 8.83. The fourth-order valence-electron chi connectivity index (χ4n) is 4.01. The Hall–Kier alpha value is -3.56. The highest BCUT2D eigenvalue weighted by atomic mass is 35.5. The summed E-state index contributed by atoms with van der Waals surface area (Å²) < 4.78 is 13.1. The van der Waals surface area contributed by atoms with E-state index >= 15 is 0 Å². The number of fused-ring (bicyclic) bond motifs is 1. The van der Waals surface area contributed by atoms with Crippen LogP contribution in [0.5, 0.6) is 0 Å². The molecule has 0 unspecified atom stereocenters. The second-order valence-electron chi connectivity index (χ2n) is 8.13. The number of nitrogens with two attached hydrogens (primary N) is 1. The molecule has 0 bridgehead atoms. The lowest BCUT2D eigenvalue weighted by Gasteiger charge is -2.35. The molecule has 1 aliphatic rings. The molecule has 0 aliphatic carbocycles. The van der Waals surface area contributed by atoms with E-state index in [0.717, 1.165) is 5.56 Å². The molecule has 3 heterocycles. The highest BCUT2D eigenvalue weighted by Crippen LogP contribution is 2.31. The number of amides is 1. The fraction of sp³-hybridized carbons (Fsp3) is 0.208. The van der Waals surface area contributed by atoms with E-state index in [4.69, 9.17) is 33.9 Å². The molecule has 2 aromatic heterocycles. The Balaban J connectivity index is 1.37. The lowest BCUT2D eigenvalue weighted by molar-refractivity contribution is -0.130. The van der Waals surface area contributed by atoms with Crippen molar-refractivity contribution in [3.8, 4) is 11.3 Å². The van der Waals surface area contributed by atoms with Crippen LogP contribution in [0.2, 0.25) is 10.0 Å². The van der Waals surface area contributed by atoms with Crippen molar-refractivity contribution >= 4 is 52.0 Å². The zero-order chi connectivity index (χ0) is 24.5. The molecule has 1 saturated heterocycles. The zero-order valence-electron chi connectivity index (χ0n) is 18.5. The van der Waals surface area contributed by atoms with Crippen molar-refractivity contribution in [2.24, 2.45) is 0 Å². The third-order valence-electron chi connectivity index (χ3n) is 5.81. The number of hydrogen-bond donors (Lipinski definition) is 1. The maximum absolute atomic E-state index is 13.1. The first kappa shape index (κ1) is 23.2. The lowest BCUT2D eigenvalue weighted by atomic mass is 10.1. The number of piperazine rings is 1. The smallest absolute Gasteiger partial charge is 0.227 e. The molecule has 1 amide bonds. The average Bonchev–Trinajstić information content (AvgIpc) is 2.85. The number of hydrogen-bond acceptors (Lipinski definition) is 7. The third kappa shape index (κ3) is 4.96. The highest BCUT2D eigenvalue weighted by molar-refractivity contribution is 6.36. The first-order valence-corrected chi connectivity index (χ1v) is 11.7. The summed E-state index contributed by atoms with van der Waals surface area (Å²) in [6, 6.07) is 11.1. The Morgan fingerprint density at radius 2 is 1.74 bits per heavy atom. The van der Waals surface area contributed by atoms with Crippen LogP contribution < -0.4 is 10.6 Å². The Bertz CT molecular complexity index is 1410. The van der Waals surface area contributed by atoms with Gasteiger partial charge in [0.2, 0.25) is 11.9 Å². The third-order valence-corrected chi connectivity index (χ3v) is 6.36. The van der Waals surface area contributed by atoms with Crippen LogP contribution in [-0.4, -0.2) is 56.9 Å². The first-order chi connectivity index (χ1) is 16.9. The molecular weight excluding hydrogens is 492 g/mol. The minimum Gasteiger partial charge on any atom is -0.368 e. The van der Waals surface area contributed by atoms with Gasteiger partial charge in [0.1, 0.15) is 5.82 Å². The number of carbonyl (C=O) groups excluding carboxylic acids is 1. The summed E-state index contributed by atoms with van der Waals surface area (Å²) in [4.78, 5) is 34.4. The van der Waals surface area contributed by atoms with Gasteiger partial charge in [0.05, 0.1) is 23.3 Å². The number of anilines is 2. The summed E-state index contributed by atoms with van der Waals surface area (Å²) in [6.07, 6.45) is 1.81. The van der Waals surface area contributed by atoms with E-state index in [-0.39, 0.29) is 24.1 Å². The Morgan fingerprint density at radius 3 is 2.46 bits per heavy atom. The fourth-order valence-corrected chi connectivity index (χ4v) is 4.52. The van der Waals surface area contributed by atoms with Crippen LogP contribution in [-0.2, 0) is 11.2 Å². The van der Waals surface area contributed by atoms with Gasteiger partial charge in [-0.3, -0.25) is 4.79 Å². The van der Waals surface area contributed by atoms with Crippen LogP contribution >= 0.6 is 23.2 Å². The van der Waals surface area contributed by atoms with E-state index in [9.17, 15) is 9.18 Å². The van der Waals surface area contributed by atoms with Crippen molar-refractivity contribution in [2.75, 3.05) is 36.8 Å². The molecule has 8 nitrogen and oxygen atoms in total. The topological polar surface area (TPSA) is 101 Å². The maximum Gasteiger partial charge on any atom is 0.227 e. The predicted octanol–water partition coefficient (Wildman–Crippen LogP) is 4.01. The van der Waals surface area contributed by atoms with Gasteiger partial charge in [0.15, 0.2) is 17.0 Å². The largest absolute Gasteiger partial charge is 0.368 e. The highest BCUT2D eigenvalue weighted by Gasteiger charge is 2.25. The SMILES string of the molecule is Nc1nc(N2CCN(C(=O)Cc3ccc(F)cc3)CC2)c2nc(-c3ccc(Cl)cc3Cl)cnc2n1. The van der Waals surface area contributed by atoms with Crippen LogP contribution in [0.25, 0.3) is 22.4 Å². The normalized spacial score (nSPS) is 13.9. The van der Waals surface area contributed by atoms with Crippen molar-refractivity contribution in [1.29, 1.82) is 0 Å². The van der Waals surface area contributed by atoms with Gasteiger partial charge >= 0.3 is 0 Å². The van der Waals surface area contributed by atoms with Crippen molar-refractivity contribution in [2.45, 2.75) is 6.42 Å². The van der Waals surface area contributed by atoms with Gasteiger partial charge in [-0.2, -0.15) is 9.97 Å². The van der Waals surface area contributed by atoms with E-state index in [1.807, 2.05) is 4.90 Å². The van der Waals surface area contributed by atoms with E-state index in [1.165, 1.54) is 12.1 Å². The van der Waals surface area contributed by atoms with Gasteiger partial charge in [-0.15, -0.1) is 0 Å². The van der Waals surface area contributed by atoms with Gasteiger partial charge in [0, 0.05) is 36.8 Å². The summed E-state index contributed by atoms with van der Waals surface area (Å²) in [5.74, 6) is 0.310. The van der Waals surface area contributed by atoms with Gasteiger partial charge in [-0.1, -0.05) is 35.3 Å². The number of nitrogen functional groups attached to an aromatic ring is 1. The second kappa shape index (κ2) is 9.59. The van der Waals surface area contributed by atoms with Crippen LogP contribution in [0.4, 0.5) is 16.2 Å². The Labute approximate surface area is 210 Å². The quantitative estimate of drug-likeness (QED) is 0.441. The first-order valence-electron chi connectivity index (χ1n) is 10.9. The molecule has 2 aromatic carbocycles. The minimum atomic E-state index is -0.323. The summed E-state index contributed by atoms with van der Waals surface area (Å²) in [7, 11) is 0. The maximum atomic E-state index is 13.1. The Kier molecular flexibility index (Phi) is 6.36. The Morgan fingerprint density at radius 1 is 1.00 bits per heavy atom. The standard InChI is InChI=1S/C24H20Cl2FN7O/c25-15-3-6-17(18(26)12-15)19-13-29-22-21(30-19)23(32-24(28)31-22)34-9-7-33(8-10-34)20(35)11-14-1-4-16(27)5-2-14/h1-6,12-13H,7-11H2,(H2,28,29,31,32). The van der Waals surface area contributed by atoms with Crippen molar-refractivity contribution in [3.63, 3.8) is 0 Å². The predicted molar refractivity (Wildman–Crippen MR) is 134 cm³/mol. The van der Waals surface area contributed by atoms with Crippen molar-refractivity contribution in [3.05, 3.63) is 70.1 Å². The monoisotopic (exact) mass is 511 g/mol.